The summed E-state index contributed by atoms with van der Waals surface area (Å²) < 4.78 is 5.53. The lowest BCUT2D eigenvalue weighted by atomic mass is 10.2. The monoisotopic (exact) mass is 252 g/mol. The van der Waals surface area contributed by atoms with Gasteiger partial charge in [-0.1, -0.05) is 13.8 Å². The Balaban J connectivity index is 2.43. The number of rotatable bonds is 6. The maximum Gasteiger partial charge on any atom is 0.236 e. The Kier molecular flexibility index (Phi) is 5.41. The molecule has 0 bridgehead atoms. The van der Waals surface area contributed by atoms with Gasteiger partial charge in [-0.3, -0.25) is 10.1 Å². The molecule has 0 aliphatic rings. The van der Waals surface area contributed by atoms with E-state index in [0.29, 0.717) is 12.5 Å². The van der Waals surface area contributed by atoms with Crippen molar-refractivity contribution in [2.75, 3.05) is 6.54 Å². The van der Waals surface area contributed by atoms with Crippen LogP contribution in [0.4, 0.5) is 0 Å². The van der Waals surface area contributed by atoms with E-state index in [4.69, 9.17) is 4.42 Å². The smallest absolute Gasteiger partial charge is 0.236 e. The van der Waals surface area contributed by atoms with Crippen LogP contribution in [-0.4, -0.2) is 18.5 Å². The summed E-state index contributed by atoms with van der Waals surface area (Å²) in [5.41, 5.74) is 0. The summed E-state index contributed by atoms with van der Waals surface area (Å²) >= 11 is 0. The third kappa shape index (κ3) is 4.53. The Hall–Kier alpha value is -1.29. The molecule has 1 aromatic heterocycles. The second-order valence-corrected chi connectivity index (χ2v) is 5.20. The Morgan fingerprint density at radius 2 is 1.94 bits per heavy atom. The maximum absolute atomic E-state index is 11.8. The number of aryl methyl sites for hydroxylation is 1. The fourth-order valence-corrected chi connectivity index (χ4v) is 1.68. The number of carbonyl (C=O) groups is 1. The average molecular weight is 252 g/mol. The number of carbonyl (C=O) groups excluding carboxylic acids is 1. The lowest BCUT2D eigenvalue weighted by Gasteiger charge is -2.18. The van der Waals surface area contributed by atoms with Crippen molar-refractivity contribution in [1.82, 2.24) is 10.6 Å². The summed E-state index contributed by atoms with van der Waals surface area (Å²) in [6.07, 6.45) is 0. The number of hydrogen-bond acceptors (Lipinski definition) is 3. The summed E-state index contributed by atoms with van der Waals surface area (Å²) in [6.45, 7) is 10.6. The predicted molar refractivity (Wildman–Crippen MR) is 72.3 cm³/mol. The van der Waals surface area contributed by atoms with E-state index in [2.05, 4.69) is 24.5 Å². The van der Waals surface area contributed by atoms with Gasteiger partial charge >= 0.3 is 0 Å². The van der Waals surface area contributed by atoms with Crippen molar-refractivity contribution in [3.63, 3.8) is 0 Å². The molecule has 1 aromatic rings. The van der Waals surface area contributed by atoms with E-state index in [9.17, 15) is 4.79 Å². The number of hydrogen-bond donors (Lipinski definition) is 2. The Bertz CT molecular complexity index is 385. The first-order valence-electron chi connectivity index (χ1n) is 6.50. The molecule has 18 heavy (non-hydrogen) atoms. The molecule has 102 valence electrons. The number of amides is 1. The minimum absolute atomic E-state index is 0.0264. The third-order valence-electron chi connectivity index (χ3n) is 2.77. The van der Waals surface area contributed by atoms with Crippen LogP contribution in [0.15, 0.2) is 16.5 Å². The standard InChI is InChI=1S/C14H24N2O2/c1-9(2)8-15-14(17)12(5)16-11(4)13-7-6-10(3)18-13/h6-7,9,11-12,16H,8H2,1-5H3,(H,15,17). The van der Waals surface area contributed by atoms with Crippen LogP contribution in [0.3, 0.4) is 0 Å². The molecule has 0 fully saturated rings. The van der Waals surface area contributed by atoms with Crippen LogP contribution in [-0.2, 0) is 4.79 Å². The van der Waals surface area contributed by atoms with E-state index in [1.807, 2.05) is 32.9 Å². The fourth-order valence-electron chi connectivity index (χ4n) is 1.68. The van der Waals surface area contributed by atoms with Crippen molar-refractivity contribution in [3.8, 4) is 0 Å². The van der Waals surface area contributed by atoms with Crippen molar-refractivity contribution in [2.45, 2.75) is 46.7 Å². The predicted octanol–water partition coefficient (Wildman–Crippen LogP) is 2.40. The molecule has 0 saturated carbocycles. The second-order valence-electron chi connectivity index (χ2n) is 5.20. The maximum atomic E-state index is 11.8. The lowest BCUT2D eigenvalue weighted by Crippen LogP contribution is -2.44. The van der Waals surface area contributed by atoms with Crippen molar-refractivity contribution < 1.29 is 9.21 Å². The molecule has 2 unspecified atom stereocenters. The van der Waals surface area contributed by atoms with E-state index in [-0.39, 0.29) is 18.0 Å². The largest absolute Gasteiger partial charge is 0.465 e. The molecular formula is C14H24N2O2. The molecule has 4 heteroatoms. The average Bonchev–Trinajstić information content (AvgIpc) is 2.72. The van der Waals surface area contributed by atoms with Crippen molar-refractivity contribution in [2.24, 2.45) is 5.92 Å². The van der Waals surface area contributed by atoms with Crippen LogP contribution < -0.4 is 10.6 Å². The van der Waals surface area contributed by atoms with Crippen molar-refractivity contribution in [1.29, 1.82) is 0 Å². The summed E-state index contributed by atoms with van der Waals surface area (Å²) in [6, 6.07) is 3.66. The van der Waals surface area contributed by atoms with Gasteiger partial charge in [0.2, 0.25) is 5.91 Å². The highest BCUT2D eigenvalue weighted by Crippen LogP contribution is 2.15. The van der Waals surface area contributed by atoms with Crippen LogP contribution in [0.25, 0.3) is 0 Å². The molecule has 0 spiro atoms. The Morgan fingerprint density at radius 3 is 2.44 bits per heavy atom. The fraction of sp³-hybridized carbons (Fsp3) is 0.643. The van der Waals surface area contributed by atoms with Gasteiger partial charge in [-0.2, -0.15) is 0 Å². The van der Waals surface area contributed by atoms with Gasteiger partial charge in [0, 0.05) is 6.54 Å². The number of nitrogens with one attached hydrogen (secondary N) is 2. The third-order valence-corrected chi connectivity index (χ3v) is 2.77. The molecule has 1 amide bonds. The highest BCUT2D eigenvalue weighted by Gasteiger charge is 2.17. The van der Waals surface area contributed by atoms with Gasteiger partial charge in [0.25, 0.3) is 0 Å². The minimum atomic E-state index is -0.232. The van der Waals surface area contributed by atoms with Gasteiger partial charge in [-0.05, 0) is 38.8 Å². The van der Waals surface area contributed by atoms with E-state index in [1.54, 1.807) is 0 Å². The van der Waals surface area contributed by atoms with Gasteiger partial charge in [0.15, 0.2) is 0 Å². The zero-order valence-electron chi connectivity index (χ0n) is 11.9. The summed E-state index contributed by atoms with van der Waals surface area (Å²) in [5, 5.41) is 6.14. The lowest BCUT2D eigenvalue weighted by molar-refractivity contribution is -0.123. The molecule has 0 aliphatic heterocycles. The van der Waals surface area contributed by atoms with Crippen LogP contribution in [0.5, 0.6) is 0 Å². The Labute approximate surface area is 109 Å². The van der Waals surface area contributed by atoms with Gasteiger partial charge in [-0.25, -0.2) is 0 Å². The van der Waals surface area contributed by atoms with Gasteiger partial charge in [-0.15, -0.1) is 0 Å². The van der Waals surface area contributed by atoms with Crippen LogP contribution >= 0.6 is 0 Å². The first-order valence-corrected chi connectivity index (χ1v) is 6.50. The molecule has 0 aromatic carbocycles. The zero-order valence-corrected chi connectivity index (χ0v) is 11.9. The zero-order chi connectivity index (χ0) is 13.7. The highest BCUT2D eigenvalue weighted by atomic mass is 16.3. The number of furan rings is 1. The molecule has 2 atom stereocenters. The second kappa shape index (κ2) is 6.59. The quantitative estimate of drug-likeness (QED) is 0.817. The van der Waals surface area contributed by atoms with Crippen LogP contribution in [0, 0.1) is 12.8 Å². The molecule has 1 rings (SSSR count). The van der Waals surface area contributed by atoms with E-state index in [1.165, 1.54) is 0 Å². The first-order chi connectivity index (χ1) is 8.40. The molecule has 1 heterocycles. The van der Waals surface area contributed by atoms with E-state index < -0.39 is 0 Å². The summed E-state index contributed by atoms with van der Waals surface area (Å²) in [7, 11) is 0. The molecule has 0 saturated heterocycles. The molecule has 0 aliphatic carbocycles. The van der Waals surface area contributed by atoms with Crippen LogP contribution in [0.1, 0.15) is 45.3 Å². The SMILES string of the molecule is Cc1ccc(C(C)NC(C)C(=O)NCC(C)C)o1. The topological polar surface area (TPSA) is 54.3 Å². The Morgan fingerprint density at radius 1 is 1.28 bits per heavy atom. The van der Waals surface area contributed by atoms with E-state index >= 15 is 0 Å². The summed E-state index contributed by atoms with van der Waals surface area (Å²) in [4.78, 5) is 11.8. The van der Waals surface area contributed by atoms with Crippen LogP contribution in [0.2, 0.25) is 0 Å². The molecular weight excluding hydrogens is 228 g/mol. The molecule has 0 radical (unpaired) electrons. The molecule has 2 N–H and O–H groups in total. The highest BCUT2D eigenvalue weighted by molar-refractivity contribution is 5.81. The first kappa shape index (κ1) is 14.8. The van der Waals surface area contributed by atoms with Gasteiger partial charge in [0.1, 0.15) is 11.5 Å². The van der Waals surface area contributed by atoms with Crippen molar-refractivity contribution in [3.05, 3.63) is 23.7 Å². The normalized spacial score (nSPS) is 14.6. The minimum Gasteiger partial charge on any atom is -0.465 e. The summed E-state index contributed by atoms with van der Waals surface area (Å²) in [5.74, 6) is 2.23. The van der Waals surface area contributed by atoms with E-state index in [0.717, 1.165) is 11.5 Å². The van der Waals surface area contributed by atoms with Gasteiger partial charge < -0.3 is 9.73 Å². The van der Waals surface area contributed by atoms with Gasteiger partial charge in [0.05, 0.1) is 12.1 Å². The molecule has 4 nitrogen and oxygen atoms in total. The van der Waals surface area contributed by atoms with Crippen molar-refractivity contribution >= 4 is 5.91 Å².